The third-order valence-electron chi connectivity index (χ3n) is 0. The van der Waals surface area contributed by atoms with E-state index in [1.165, 1.54) is 0 Å². The zero-order valence-electron chi connectivity index (χ0n) is 2.43. The van der Waals surface area contributed by atoms with E-state index in [4.69, 9.17) is 13.2 Å². The van der Waals surface area contributed by atoms with Gasteiger partial charge in [0.1, 0.15) is 0 Å². The van der Waals surface area contributed by atoms with Gasteiger partial charge >= 0.3 is 10.5 Å². The maximum absolute atomic E-state index is 8.67. The summed E-state index contributed by atoms with van der Waals surface area (Å²) < 4.78 is 22.8. The molecule has 0 aromatic heterocycles. The van der Waals surface area contributed by atoms with Crippen LogP contribution in [0, 0.1) is 4.78 Å². The first kappa shape index (κ1) is 8.98. The molecule has 0 radical (unpaired) electrons. The molecule has 0 amide bonds. The van der Waals surface area contributed by atoms with Gasteiger partial charge in [-0.1, -0.05) is 0 Å². The summed E-state index contributed by atoms with van der Waals surface area (Å²) in [6, 6.07) is 0. The van der Waals surface area contributed by atoms with Crippen molar-refractivity contribution in [3.63, 3.8) is 0 Å². The summed E-state index contributed by atoms with van der Waals surface area (Å²) in [5.74, 6) is 0. The second-order valence-corrected chi connectivity index (χ2v) is 0.704. The maximum atomic E-state index is 8.67. The summed E-state index contributed by atoms with van der Waals surface area (Å²) in [5.41, 5.74) is 0. The van der Waals surface area contributed by atoms with Gasteiger partial charge in [-0.3, -0.25) is 0 Å². The molecule has 0 rings (SSSR count). The van der Waals surface area contributed by atoms with Crippen LogP contribution in [-0.4, -0.2) is 8.42 Å². The van der Waals surface area contributed by atoms with Gasteiger partial charge in [0.15, 0.2) is 0 Å². The van der Waals surface area contributed by atoms with Crippen molar-refractivity contribution >= 4 is 10.5 Å². The minimum Gasteiger partial charge on any atom is -0.188 e. The molecule has 5 heavy (non-hydrogen) atoms. The quantitative estimate of drug-likeness (QED) is 0.472. The van der Waals surface area contributed by atoms with Crippen molar-refractivity contribution in [2.45, 2.75) is 0 Å². The van der Waals surface area contributed by atoms with Gasteiger partial charge in [-0.15, -0.1) is 0 Å². The molecule has 0 heterocycles. The number of nitrogens with one attached hydrogen (secondary N) is 1. The molecule has 0 aromatic carbocycles. The monoisotopic (exact) mass is 143 g/mol. The Morgan fingerprint density at radius 1 is 1.40 bits per heavy atom. The first-order valence-electron chi connectivity index (χ1n) is 0.537. The molecule has 0 aliphatic rings. The van der Waals surface area contributed by atoms with E-state index in [1.807, 2.05) is 0 Å². The van der Waals surface area contributed by atoms with E-state index in [0.29, 0.717) is 0 Å². The van der Waals surface area contributed by atoms with Crippen LogP contribution in [0.3, 0.4) is 0 Å². The van der Waals surface area contributed by atoms with Crippen LogP contribution in [0.5, 0.6) is 0 Å². The van der Waals surface area contributed by atoms with Crippen molar-refractivity contribution in [2.24, 2.45) is 0 Å². The Morgan fingerprint density at radius 2 is 1.40 bits per heavy atom. The van der Waals surface area contributed by atoms with E-state index >= 15 is 0 Å². The Morgan fingerprint density at radius 3 is 1.40 bits per heavy atom. The van der Waals surface area contributed by atoms with Gasteiger partial charge in [0.05, 0.1) is 0 Å². The molecule has 5 heteroatoms. The van der Waals surface area contributed by atoms with Crippen LogP contribution < -0.4 is 0 Å². The fourth-order valence-corrected chi connectivity index (χ4v) is 0. The van der Waals surface area contributed by atoms with Crippen molar-refractivity contribution in [2.75, 3.05) is 0 Å². The molecule has 26 valence electrons. The van der Waals surface area contributed by atoms with E-state index in [9.17, 15) is 0 Å². The molecule has 0 unspecified atom stereocenters. The fraction of sp³-hybridized carbons (Fsp3) is 0. The fourth-order valence-electron chi connectivity index (χ4n) is 0. The Hall–Kier alpha value is 0.243. The third kappa shape index (κ3) is 361. The summed E-state index contributed by atoms with van der Waals surface area (Å²) in [4.78, 5) is 0. The standard InChI is InChI=1S/HNO2S.Zn/c1-4(2)3;/h1H;. The molecule has 1 N–H and O–H groups in total. The average molecular weight is 144 g/mol. The second kappa shape index (κ2) is 4.24. The molecule has 3 nitrogen and oxygen atoms in total. The van der Waals surface area contributed by atoms with Crippen molar-refractivity contribution in [3.8, 4) is 0 Å². The molecule has 0 aromatic rings. The maximum Gasteiger partial charge on any atom is 0.308 e. The normalized spacial score (nSPS) is 4.80. The van der Waals surface area contributed by atoms with E-state index in [0.717, 1.165) is 0 Å². The number of rotatable bonds is 0. The largest absolute Gasteiger partial charge is 0.308 e. The minimum absolute atomic E-state index is 0. The minimum atomic E-state index is -2.61. The van der Waals surface area contributed by atoms with Gasteiger partial charge in [0.2, 0.25) is 0 Å². The van der Waals surface area contributed by atoms with Crippen LogP contribution in [0.15, 0.2) is 0 Å². The molecule has 0 saturated heterocycles. The van der Waals surface area contributed by atoms with Gasteiger partial charge in [-0.25, -0.2) is 0 Å². The Kier molecular flexibility index (Phi) is 7.62. The predicted molar refractivity (Wildman–Crippen MR) is 11.6 cm³/mol. The van der Waals surface area contributed by atoms with Gasteiger partial charge in [-0.05, 0) is 0 Å². The summed E-state index contributed by atoms with van der Waals surface area (Å²) in [6.45, 7) is 0. The van der Waals surface area contributed by atoms with Crippen LogP contribution in [-0.2, 0) is 30.0 Å². The molecular weight excluding hydrogens is 143 g/mol. The molecule has 0 saturated carbocycles. The smallest absolute Gasteiger partial charge is 0.188 e. The van der Waals surface area contributed by atoms with E-state index < -0.39 is 10.5 Å². The molecule has 0 aliphatic carbocycles. The topological polar surface area (TPSA) is 58.0 Å². The first-order chi connectivity index (χ1) is 1.73. The van der Waals surface area contributed by atoms with Crippen molar-refractivity contribution in [1.82, 2.24) is 0 Å². The van der Waals surface area contributed by atoms with Crippen LogP contribution in [0.4, 0.5) is 0 Å². The molecular formula is HNO2SZn. The van der Waals surface area contributed by atoms with E-state index in [1.54, 1.807) is 0 Å². The second-order valence-electron chi connectivity index (χ2n) is 0.235. The van der Waals surface area contributed by atoms with Crippen LogP contribution >= 0.6 is 0 Å². The van der Waals surface area contributed by atoms with Gasteiger partial charge < -0.3 is 0 Å². The third-order valence-corrected chi connectivity index (χ3v) is 0. The predicted octanol–water partition coefficient (Wildman–Crippen LogP) is -0.375. The van der Waals surface area contributed by atoms with Gasteiger partial charge in [0.25, 0.3) is 0 Å². The molecule has 0 atom stereocenters. The van der Waals surface area contributed by atoms with Crippen LogP contribution in [0.2, 0.25) is 0 Å². The Bertz CT molecular complexity index is 79.0. The number of hydrogen-bond acceptors (Lipinski definition) is 3. The molecule has 0 spiro atoms. The van der Waals surface area contributed by atoms with Crippen molar-refractivity contribution < 1.29 is 27.9 Å². The zero-order valence-corrected chi connectivity index (χ0v) is 6.22. The van der Waals surface area contributed by atoms with E-state index in [2.05, 4.69) is 0 Å². The summed E-state index contributed by atoms with van der Waals surface area (Å²) in [5, 5.41) is 0. The Balaban J connectivity index is 0. The van der Waals surface area contributed by atoms with Crippen LogP contribution in [0.1, 0.15) is 0 Å². The van der Waals surface area contributed by atoms with Crippen molar-refractivity contribution in [1.29, 1.82) is 4.78 Å². The van der Waals surface area contributed by atoms with Crippen molar-refractivity contribution in [3.05, 3.63) is 0 Å². The zero-order chi connectivity index (χ0) is 3.58. The summed E-state index contributed by atoms with van der Waals surface area (Å²) in [7, 11) is -2.61. The van der Waals surface area contributed by atoms with Gasteiger partial charge in [-0.2, -0.15) is 13.2 Å². The first-order valence-corrected chi connectivity index (χ1v) is 1.61. The number of hydrogen-bond donors (Lipinski definition) is 1. The van der Waals surface area contributed by atoms with E-state index in [-0.39, 0.29) is 19.5 Å². The summed E-state index contributed by atoms with van der Waals surface area (Å²) in [6.07, 6.45) is 0. The summed E-state index contributed by atoms with van der Waals surface area (Å²) >= 11 is 0. The molecule has 0 bridgehead atoms. The SMILES string of the molecule is N=S(=O)=O.[Zn]. The van der Waals surface area contributed by atoms with Crippen LogP contribution in [0.25, 0.3) is 0 Å². The van der Waals surface area contributed by atoms with Gasteiger partial charge in [0, 0.05) is 19.5 Å². The average Bonchev–Trinajstić information content (AvgIpc) is 0.811. The molecule has 0 aliphatic heterocycles. The Labute approximate surface area is 43.6 Å². The molecule has 0 fully saturated rings.